The molecule has 1 fully saturated rings. The first-order chi connectivity index (χ1) is 9.34. The van der Waals surface area contributed by atoms with E-state index >= 15 is 0 Å². The monoisotopic (exact) mass is 290 g/mol. The number of hydrogen-bond acceptors (Lipinski definition) is 2. The molecule has 0 bridgehead atoms. The molecule has 0 spiro atoms. The summed E-state index contributed by atoms with van der Waals surface area (Å²) >= 11 is 0. The minimum Gasteiger partial charge on any atom is -0.351 e. The Morgan fingerprint density at radius 2 is 2.00 bits per heavy atom. The summed E-state index contributed by atoms with van der Waals surface area (Å²) in [5.74, 6) is 0.116. The number of carbonyl (C=O) groups excluding carboxylic acids is 1. The van der Waals surface area contributed by atoms with E-state index in [0.29, 0.717) is 6.54 Å². The highest BCUT2D eigenvalue weighted by atomic mass is 35.5. The maximum absolute atomic E-state index is 12.0. The zero-order chi connectivity index (χ0) is 13.1. The fourth-order valence-corrected chi connectivity index (χ4v) is 2.66. The van der Waals surface area contributed by atoms with Gasteiger partial charge in [0.05, 0.1) is 6.04 Å². The molecule has 0 saturated carbocycles. The quantitative estimate of drug-likeness (QED) is 0.912. The Bertz CT molecular complexity index is 589. The third kappa shape index (κ3) is 3.11. The number of hydrogen-bond donors (Lipinski definition) is 2. The van der Waals surface area contributed by atoms with Crippen molar-refractivity contribution in [2.45, 2.75) is 25.4 Å². The van der Waals surface area contributed by atoms with Gasteiger partial charge in [0.2, 0.25) is 5.91 Å². The van der Waals surface area contributed by atoms with Gasteiger partial charge in [-0.25, -0.2) is 0 Å². The molecule has 1 aliphatic rings. The van der Waals surface area contributed by atoms with Crippen molar-refractivity contribution < 1.29 is 4.79 Å². The molecule has 2 N–H and O–H groups in total. The van der Waals surface area contributed by atoms with E-state index < -0.39 is 0 Å². The maximum atomic E-state index is 12.0. The third-order valence-corrected chi connectivity index (χ3v) is 3.71. The Morgan fingerprint density at radius 3 is 2.80 bits per heavy atom. The standard InChI is InChI=1S/C16H18N2O.ClH/c19-16(15-9-4-10-17-15)18-11-13-7-3-6-12-5-1-2-8-14(12)13;/h1-3,5-8,15,17H,4,9-11H2,(H,18,19);1H/t15-;/m0./s1. The van der Waals surface area contributed by atoms with Gasteiger partial charge in [-0.2, -0.15) is 0 Å². The Kier molecular flexibility index (Phi) is 4.99. The molecular weight excluding hydrogens is 272 g/mol. The summed E-state index contributed by atoms with van der Waals surface area (Å²) in [6, 6.07) is 14.5. The summed E-state index contributed by atoms with van der Waals surface area (Å²) < 4.78 is 0. The summed E-state index contributed by atoms with van der Waals surface area (Å²) in [6.07, 6.45) is 2.04. The zero-order valence-electron chi connectivity index (χ0n) is 11.3. The lowest BCUT2D eigenvalue weighted by Crippen LogP contribution is -2.40. The van der Waals surface area contributed by atoms with Gasteiger partial charge in [0.1, 0.15) is 0 Å². The Balaban J connectivity index is 0.00000147. The molecule has 20 heavy (non-hydrogen) atoms. The molecule has 3 rings (SSSR count). The second kappa shape index (κ2) is 6.73. The minimum absolute atomic E-state index is 0. The lowest BCUT2D eigenvalue weighted by atomic mass is 10.0. The van der Waals surface area contributed by atoms with Crippen LogP contribution in [-0.2, 0) is 11.3 Å². The molecule has 1 saturated heterocycles. The predicted octanol–water partition coefficient (Wildman–Crippen LogP) is 2.63. The van der Waals surface area contributed by atoms with E-state index in [2.05, 4.69) is 34.9 Å². The average molecular weight is 291 g/mol. The van der Waals surface area contributed by atoms with E-state index in [1.54, 1.807) is 0 Å². The molecule has 1 aliphatic heterocycles. The topological polar surface area (TPSA) is 41.1 Å². The smallest absolute Gasteiger partial charge is 0.237 e. The first-order valence-corrected chi connectivity index (χ1v) is 6.82. The number of fused-ring (bicyclic) bond motifs is 1. The molecule has 2 aromatic rings. The van der Waals surface area contributed by atoms with Gasteiger partial charge in [-0.05, 0) is 35.7 Å². The van der Waals surface area contributed by atoms with Crippen LogP contribution in [0.1, 0.15) is 18.4 Å². The highest BCUT2D eigenvalue weighted by molar-refractivity contribution is 5.87. The molecular formula is C16H19ClN2O. The van der Waals surface area contributed by atoms with E-state index in [9.17, 15) is 4.79 Å². The van der Waals surface area contributed by atoms with Crippen LogP contribution in [0.3, 0.4) is 0 Å². The van der Waals surface area contributed by atoms with Crippen LogP contribution < -0.4 is 10.6 Å². The van der Waals surface area contributed by atoms with Gasteiger partial charge in [-0.1, -0.05) is 42.5 Å². The number of rotatable bonds is 3. The molecule has 1 amide bonds. The van der Waals surface area contributed by atoms with E-state index in [0.717, 1.165) is 19.4 Å². The van der Waals surface area contributed by atoms with Crippen LogP contribution >= 0.6 is 12.4 Å². The number of amides is 1. The van der Waals surface area contributed by atoms with Crippen LogP contribution in [0.15, 0.2) is 42.5 Å². The molecule has 2 aromatic carbocycles. The van der Waals surface area contributed by atoms with Gasteiger partial charge >= 0.3 is 0 Å². The van der Waals surface area contributed by atoms with Gasteiger partial charge in [0.25, 0.3) is 0 Å². The van der Waals surface area contributed by atoms with Crippen molar-refractivity contribution in [1.29, 1.82) is 0 Å². The fraction of sp³-hybridized carbons (Fsp3) is 0.312. The number of nitrogens with one attached hydrogen (secondary N) is 2. The molecule has 0 radical (unpaired) electrons. The van der Waals surface area contributed by atoms with Gasteiger partial charge < -0.3 is 10.6 Å². The van der Waals surface area contributed by atoms with Crippen LogP contribution in [0.25, 0.3) is 10.8 Å². The second-order valence-electron chi connectivity index (χ2n) is 5.01. The van der Waals surface area contributed by atoms with Crippen molar-refractivity contribution in [2.75, 3.05) is 6.54 Å². The average Bonchev–Trinajstić information content (AvgIpc) is 2.99. The molecule has 1 heterocycles. The molecule has 3 nitrogen and oxygen atoms in total. The van der Waals surface area contributed by atoms with E-state index in [-0.39, 0.29) is 24.4 Å². The van der Waals surface area contributed by atoms with E-state index in [1.165, 1.54) is 16.3 Å². The fourth-order valence-electron chi connectivity index (χ4n) is 2.66. The summed E-state index contributed by atoms with van der Waals surface area (Å²) in [5.41, 5.74) is 1.17. The molecule has 0 aromatic heterocycles. The second-order valence-corrected chi connectivity index (χ2v) is 5.01. The van der Waals surface area contributed by atoms with Gasteiger partial charge in [0, 0.05) is 6.54 Å². The molecule has 1 atom stereocenters. The Labute approximate surface area is 125 Å². The molecule has 0 aliphatic carbocycles. The van der Waals surface area contributed by atoms with Crippen LogP contribution in [0.2, 0.25) is 0 Å². The molecule has 0 unspecified atom stereocenters. The lowest BCUT2D eigenvalue weighted by molar-refractivity contribution is -0.122. The summed E-state index contributed by atoms with van der Waals surface area (Å²) in [5, 5.41) is 8.68. The van der Waals surface area contributed by atoms with Crippen molar-refractivity contribution in [2.24, 2.45) is 0 Å². The predicted molar refractivity (Wildman–Crippen MR) is 84.1 cm³/mol. The molecule has 4 heteroatoms. The van der Waals surface area contributed by atoms with Crippen molar-refractivity contribution in [1.82, 2.24) is 10.6 Å². The highest BCUT2D eigenvalue weighted by Crippen LogP contribution is 2.18. The Morgan fingerprint density at radius 1 is 1.20 bits per heavy atom. The largest absolute Gasteiger partial charge is 0.351 e. The number of benzene rings is 2. The van der Waals surface area contributed by atoms with Crippen LogP contribution in [0.5, 0.6) is 0 Å². The summed E-state index contributed by atoms with van der Waals surface area (Å²) in [7, 11) is 0. The zero-order valence-corrected chi connectivity index (χ0v) is 12.1. The first kappa shape index (κ1) is 14.8. The van der Waals surface area contributed by atoms with Crippen molar-refractivity contribution in [3.05, 3.63) is 48.0 Å². The number of halogens is 1. The van der Waals surface area contributed by atoms with Crippen LogP contribution in [-0.4, -0.2) is 18.5 Å². The van der Waals surface area contributed by atoms with Crippen LogP contribution in [0, 0.1) is 0 Å². The van der Waals surface area contributed by atoms with Gasteiger partial charge in [-0.3, -0.25) is 4.79 Å². The van der Waals surface area contributed by atoms with Crippen molar-refractivity contribution in [3.8, 4) is 0 Å². The van der Waals surface area contributed by atoms with Crippen LogP contribution in [0.4, 0.5) is 0 Å². The minimum atomic E-state index is -0.00465. The van der Waals surface area contributed by atoms with Gasteiger partial charge in [0.15, 0.2) is 0 Å². The summed E-state index contributed by atoms with van der Waals surface area (Å²) in [4.78, 5) is 12.0. The molecule has 106 valence electrons. The Hall–Kier alpha value is -1.58. The first-order valence-electron chi connectivity index (χ1n) is 6.82. The SMILES string of the molecule is Cl.O=C(NCc1cccc2ccccc12)[C@@H]1CCCN1. The maximum Gasteiger partial charge on any atom is 0.237 e. The normalized spacial score (nSPS) is 17.7. The van der Waals surface area contributed by atoms with Gasteiger partial charge in [-0.15, -0.1) is 12.4 Å². The van der Waals surface area contributed by atoms with Crippen molar-refractivity contribution >= 4 is 29.1 Å². The summed E-state index contributed by atoms with van der Waals surface area (Å²) in [6.45, 7) is 1.55. The lowest BCUT2D eigenvalue weighted by Gasteiger charge is -2.12. The van der Waals surface area contributed by atoms with E-state index in [1.807, 2.05) is 18.2 Å². The van der Waals surface area contributed by atoms with E-state index in [4.69, 9.17) is 0 Å². The van der Waals surface area contributed by atoms with Crippen molar-refractivity contribution in [3.63, 3.8) is 0 Å². The third-order valence-electron chi connectivity index (χ3n) is 3.71. The highest BCUT2D eigenvalue weighted by Gasteiger charge is 2.21. The number of carbonyl (C=O) groups is 1.